The van der Waals surface area contributed by atoms with E-state index in [1.807, 2.05) is 0 Å². The molecule has 2 aromatic carbocycles. The summed E-state index contributed by atoms with van der Waals surface area (Å²) in [5.41, 5.74) is 2.71. The van der Waals surface area contributed by atoms with Crippen LogP contribution in [0.3, 0.4) is 0 Å². The molecule has 146 valence electrons. The normalized spacial score (nSPS) is 20.6. The molecular formula is C21H22FN3O3. The van der Waals surface area contributed by atoms with E-state index in [9.17, 15) is 14.0 Å². The van der Waals surface area contributed by atoms with Crippen LogP contribution >= 0.6 is 0 Å². The van der Waals surface area contributed by atoms with Gasteiger partial charge in [0, 0.05) is 36.9 Å². The molecule has 2 aromatic rings. The summed E-state index contributed by atoms with van der Waals surface area (Å²) in [7, 11) is 0. The highest BCUT2D eigenvalue weighted by Crippen LogP contribution is 2.27. The third-order valence-electron chi connectivity index (χ3n) is 5.16. The second-order valence-electron chi connectivity index (χ2n) is 7.16. The average Bonchev–Trinajstić information content (AvgIpc) is 3.36. The van der Waals surface area contributed by atoms with Crippen molar-refractivity contribution in [2.45, 2.75) is 19.0 Å². The monoisotopic (exact) mass is 383 g/mol. The number of nitrogens with one attached hydrogen (secondary N) is 3. The standard InChI is InChI=1S/C21H22FN3O3/c22-16-3-6-18-15(9-16)11-23-19(18)21(27)25-17-4-1-14(2-5-17)20(26)24-10-13-7-8-28-12-13/h1-6,9,13,19,23H,7-8,10-12H2,(H,24,26)(H,25,27)/t13-,19?/m0/s1. The van der Waals surface area contributed by atoms with Crippen molar-refractivity contribution in [2.75, 3.05) is 25.1 Å². The number of rotatable bonds is 5. The molecule has 2 heterocycles. The second-order valence-corrected chi connectivity index (χ2v) is 7.16. The number of carbonyl (C=O) groups is 2. The first kappa shape index (κ1) is 18.6. The summed E-state index contributed by atoms with van der Waals surface area (Å²) in [6.07, 6.45) is 0.968. The molecule has 6 nitrogen and oxygen atoms in total. The summed E-state index contributed by atoms with van der Waals surface area (Å²) in [4.78, 5) is 24.8. The lowest BCUT2D eigenvalue weighted by atomic mass is 10.0. The molecule has 0 aromatic heterocycles. The smallest absolute Gasteiger partial charge is 0.251 e. The molecule has 0 saturated carbocycles. The molecule has 0 spiro atoms. The van der Waals surface area contributed by atoms with Gasteiger partial charge in [-0.05, 0) is 53.9 Å². The Morgan fingerprint density at radius 3 is 2.75 bits per heavy atom. The van der Waals surface area contributed by atoms with E-state index in [1.165, 1.54) is 12.1 Å². The zero-order valence-corrected chi connectivity index (χ0v) is 15.3. The van der Waals surface area contributed by atoms with Crippen LogP contribution in [0, 0.1) is 11.7 Å². The quantitative estimate of drug-likeness (QED) is 0.741. The lowest BCUT2D eigenvalue weighted by Gasteiger charge is -2.13. The molecule has 0 radical (unpaired) electrons. The Labute approximate surface area is 162 Å². The molecule has 1 saturated heterocycles. The van der Waals surface area contributed by atoms with E-state index in [-0.39, 0.29) is 17.6 Å². The first-order chi connectivity index (χ1) is 13.6. The summed E-state index contributed by atoms with van der Waals surface area (Å²) < 4.78 is 18.6. The van der Waals surface area contributed by atoms with E-state index in [4.69, 9.17) is 4.74 Å². The van der Waals surface area contributed by atoms with Crippen molar-refractivity contribution >= 4 is 17.5 Å². The van der Waals surface area contributed by atoms with Gasteiger partial charge >= 0.3 is 0 Å². The molecule has 2 amide bonds. The van der Waals surface area contributed by atoms with Crippen LogP contribution in [0.25, 0.3) is 0 Å². The molecule has 2 atom stereocenters. The van der Waals surface area contributed by atoms with Crippen molar-refractivity contribution in [3.05, 3.63) is 65.0 Å². The average molecular weight is 383 g/mol. The largest absolute Gasteiger partial charge is 0.381 e. The molecule has 2 aliphatic rings. The molecule has 4 rings (SSSR count). The molecular weight excluding hydrogens is 361 g/mol. The Hall–Kier alpha value is -2.77. The van der Waals surface area contributed by atoms with Gasteiger partial charge in [0.1, 0.15) is 11.9 Å². The van der Waals surface area contributed by atoms with Gasteiger partial charge in [-0.15, -0.1) is 0 Å². The van der Waals surface area contributed by atoms with Crippen LogP contribution < -0.4 is 16.0 Å². The van der Waals surface area contributed by atoms with Crippen molar-refractivity contribution in [2.24, 2.45) is 5.92 Å². The van der Waals surface area contributed by atoms with E-state index in [1.54, 1.807) is 30.3 Å². The summed E-state index contributed by atoms with van der Waals surface area (Å²) in [5, 5.41) is 8.84. The Morgan fingerprint density at radius 1 is 1.18 bits per heavy atom. The Morgan fingerprint density at radius 2 is 2.00 bits per heavy atom. The second kappa shape index (κ2) is 8.08. The topological polar surface area (TPSA) is 79.5 Å². The van der Waals surface area contributed by atoms with E-state index in [0.29, 0.717) is 36.9 Å². The predicted octanol–water partition coefficient (Wildman–Crippen LogP) is 2.38. The fourth-order valence-corrected chi connectivity index (χ4v) is 3.57. The number of benzene rings is 2. The highest BCUT2D eigenvalue weighted by atomic mass is 19.1. The maximum atomic E-state index is 13.3. The molecule has 0 bridgehead atoms. The summed E-state index contributed by atoms with van der Waals surface area (Å²) >= 11 is 0. The molecule has 3 N–H and O–H groups in total. The third-order valence-corrected chi connectivity index (χ3v) is 5.16. The third kappa shape index (κ3) is 4.05. The highest BCUT2D eigenvalue weighted by Gasteiger charge is 2.28. The van der Waals surface area contributed by atoms with Crippen LogP contribution in [0.2, 0.25) is 0 Å². The van der Waals surface area contributed by atoms with Crippen LogP contribution in [0.4, 0.5) is 10.1 Å². The zero-order valence-electron chi connectivity index (χ0n) is 15.3. The number of fused-ring (bicyclic) bond motifs is 1. The highest BCUT2D eigenvalue weighted by molar-refractivity contribution is 5.98. The minimum absolute atomic E-state index is 0.141. The minimum atomic E-state index is -0.521. The van der Waals surface area contributed by atoms with Crippen molar-refractivity contribution in [1.29, 1.82) is 0 Å². The molecule has 2 aliphatic heterocycles. The van der Waals surface area contributed by atoms with Crippen LogP contribution in [-0.2, 0) is 16.1 Å². The molecule has 1 unspecified atom stereocenters. The number of amides is 2. The van der Waals surface area contributed by atoms with Gasteiger partial charge in [-0.3, -0.25) is 14.9 Å². The SMILES string of the molecule is O=C(NC[C@@H]1CCOC1)c1ccc(NC(=O)C2NCc3cc(F)ccc32)cc1. The summed E-state index contributed by atoms with van der Waals surface area (Å²) in [6, 6.07) is 10.7. The zero-order chi connectivity index (χ0) is 19.5. The van der Waals surface area contributed by atoms with Crippen molar-refractivity contribution in [3.63, 3.8) is 0 Å². The van der Waals surface area contributed by atoms with Crippen LogP contribution in [0.5, 0.6) is 0 Å². The Balaban J connectivity index is 1.34. The van der Waals surface area contributed by atoms with E-state index in [2.05, 4.69) is 16.0 Å². The predicted molar refractivity (Wildman–Crippen MR) is 102 cm³/mol. The lowest BCUT2D eigenvalue weighted by Crippen LogP contribution is -2.29. The number of halogens is 1. The fourth-order valence-electron chi connectivity index (χ4n) is 3.57. The summed E-state index contributed by atoms with van der Waals surface area (Å²) in [6.45, 7) is 2.50. The van der Waals surface area contributed by atoms with Crippen molar-refractivity contribution in [1.82, 2.24) is 10.6 Å². The number of anilines is 1. The molecule has 1 fully saturated rings. The van der Waals surface area contributed by atoms with E-state index in [0.717, 1.165) is 24.2 Å². The molecule has 28 heavy (non-hydrogen) atoms. The van der Waals surface area contributed by atoms with E-state index >= 15 is 0 Å². The van der Waals surface area contributed by atoms with Gasteiger partial charge in [0.05, 0.1) is 6.61 Å². The van der Waals surface area contributed by atoms with E-state index < -0.39 is 6.04 Å². The van der Waals surface area contributed by atoms with Crippen molar-refractivity contribution in [3.8, 4) is 0 Å². The fraction of sp³-hybridized carbons (Fsp3) is 0.333. The maximum absolute atomic E-state index is 13.3. The molecule has 0 aliphatic carbocycles. The van der Waals surface area contributed by atoms with Gasteiger partial charge in [-0.25, -0.2) is 4.39 Å². The number of hydrogen-bond acceptors (Lipinski definition) is 4. The summed E-state index contributed by atoms with van der Waals surface area (Å²) in [5.74, 6) is -0.296. The first-order valence-electron chi connectivity index (χ1n) is 9.39. The maximum Gasteiger partial charge on any atom is 0.251 e. The number of hydrogen-bond donors (Lipinski definition) is 3. The van der Waals surface area contributed by atoms with Gasteiger partial charge in [-0.2, -0.15) is 0 Å². The van der Waals surface area contributed by atoms with Gasteiger partial charge in [0.25, 0.3) is 5.91 Å². The van der Waals surface area contributed by atoms with Gasteiger partial charge in [-0.1, -0.05) is 6.07 Å². The first-order valence-corrected chi connectivity index (χ1v) is 9.39. The lowest BCUT2D eigenvalue weighted by molar-refractivity contribution is -0.118. The number of ether oxygens (including phenoxy) is 1. The Kier molecular flexibility index (Phi) is 5.36. The number of carbonyl (C=O) groups excluding carboxylic acids is 2. The van der Waals surface area contributed by atoms with Crippen LogP contribution in [0.1, 0.15) is 33.9 Å². The Bertz CT molecular complexity index is 879. The van der Waals surface area contributed by atoms with Gasteiger partial charge in [0.15, 0.2) is 0 Å². The van der Waals surface area contributed by atoms with Crippen LogP contribution in [0.15, 0.2) is 42.5 Å². The molecule has 7 heteroatoms. The van der Waals surface area contributed by atoms with Gasteiger partial charge < -0.3 is 15.4 Å². The van der Waals surface area contributed by atoms with Crippen molar-refractivity contribution < 1.29 is 18.7 Å². The van der Waals surface area contributed by atoms with Crippen LogP contribution in [-0.4, -0.2) is 31.6 Å². The van der Waals surface area contributed by atoms with Gasteiger partial charge in [0.2, 0.25) is 5.91 Å². The minimum Gasteiger partial charge on any atom is -0.381 e.